The second-order valence-electron chi connectivity index (χ2n) is 5.98. The molecule has 0 saturated heterocycles. The Kier molecular flexibility index (Phi) is 5.22. The molecule has 0 amide bonds. The van der Waals surface area contributed by atoms with Gasteiger partial charge in [-0.25, -0.2) is 0 Å². The highest BCUT2D eigenvalue weighted by atomic mass is 16.5. The molecule has 1 aliphatic carbocycles. The summed E-state index contributed by atoms with van der Waals surface area (Å²) in [6, 6.07) is 0.635. The summed E-state index contributed by atoms with van der Waals surface area (Å²) in [5.74, 6) is 0. The van der Waals surface area contributed by atoms with Crippen LogP contribution in [-0.4, -0.2) is 37.0 Å². The van der Waals surface area contributed by atoms with E-state index < -0.39 is 0 Å². The number of hydrogen-bond acceptors (Lipinski definition) is 3. The monoisotopic (exact) mass is 229 g/mol. The van der Waals surface area contributed by atoms with Crippen molar-refractivity contribution in [1.29, 1.82) is 0 Å². The third-order valence-corrected chi connectivity index (χ3v) is 2.62. The lowest BCUT2D eigenvalue weighted by atomic mass is 9.87. The van der Waals surface area contributed by atoms with Crippen LogP contribution in [0, 0.1) is 0 Å². The second-order valence-corrected chi connectivity index (χ2v) is 5.98. The van der Waals surface area contributed by atoms with Gasteiger partial charge in [0.05, 0.1) is 25.4 Å². The summed E-state index contributed by atoms with van der Waals surface area (Å²) in [6.45, 7) is 12.2. The number of hydrogen-bond donors (Lipinski definition) is 1. The minimum Gasteiger partial charge on any atom is -0.376 e. The lowest BCUT2D eigenvalue weighted by Gasteiger charge is -2.40. The molecule has 0 atom stereocenters. The van der Waals surface area contributed by atoms with Crippen molar-refractivity contribution in [2.24, 2.45) is 0 Å². The Labute approximate surface area is 99.9 Å². The van der Waals surface area contributed by atoms with Crippen molar-refractivity contribution < 1.29 is 9.47 Å². The molecular weight excluding hydrogens is 202 g/mol. The SMILES string of the molecule is CC(C)OCCOC1CC(NC(C)(C)C)C1. The van der Waals surface area contributed by atoms with Gasteiger partial charge in [-0.2, -0.15) is 0 Å². The van der Waals surface area contributed by atoms with E-state index in [1.54, 1.807) is 0 Å². The predicted molar refractivity (Wildman–Crippen MR) is 66.7 cm³/mol. The molecule has 0 aromatic rings. The van der Waals surface area contributed by atoms with Crippen molar-refractivity contribution in [2.75, 3.05) is 13.2 Å². The number of rotatable bonds is 6. The van der Waals surface area contributed by atoms with Crippen LogP contribution in [-0.2, 0) is 9.47 Å². The average Bonchev–Trinajstić information content (AvgIpc) is 2.04. The molecule has 1 saturated carbocycles. The normalized spacial score (nSPS) is 25.9. The van der Waals surface area contributed by atoms with Crippen molar-refractivity contribution in [3.63, 3.8) is 0 Å². The Balaban J connectivity index is 1.96. The van der Waals surface area contributed by atoms with Gasteiger partial charge in [-0.1, -0.05) is 0 Å². The van der Waals surface area contributed by atoms with Crippen LogP contribution >= 0.6 is 0 Å². The summed E-state index contributed by atoms with van der Waals surface area (Å²) in [5.41, 5.74) is 0.219. The minimum atomic E-state index is 0.219. The van der Waals surface area contributed by atoms with Crippen molar-refractivity contribution in [3.05, 3.63) is 0 Å². The summed E-state index contributed by atoms with van der Waals surface area (Å²) < 4.78 is 11.1. The molecule has 0 spiro atoms. The maximum atomic E-state index is 5.71. The Hall–Kier alpha value is -0.120. The molecule has 0 aliphatic heterocycles. The lowest BCUT2D eigenvalue weighted by Crippen LogP contribution is -2.52. The van der Waals surface area contributed by atoms with Gasteiger partial charge in [-0.15, -0.1) is 0 Å². The summed E-state index contributed by atoms with van der Waals surface area (Å²) in [5, 5.41) is 3.58. The smallest absolute Gasteiger partial charge is 0.0704 e. The van der Waals surface area contributed by atoms with E-state index in [4.69, 9.17) is 9.47 Å². The molecule has 0 unspecified atom stereocenters. The van der Waals surface area contributed by atoms with E-state index in [0.29, 0.717) is 24.9 Å². The van der Waals surface area contributed by atoms with Crippen LogP contribution in [0.1, 0.15) is 47.5 Å². The first-order valence-electron chi connectivity index (χ1n) is 6.38. The summed E-state index contributed by atoms with van der Waals surface area (Å²) in [6.07, 6.45) is 3.02. The molecule has 96 valence electrons. The number of nitrogens with one attached hydrogen (secondary N) is 1. The van der Waals surface area contributed by atoms with E-state index in [0.717, 1.165) is 19.4 Å². The van der Waals surface area contributed by atoms with E-state index in [2.05, 4.69) is 26.1 Å². The van der Waals surface area contributed by atoms with Gasteiger partial charge in [0.15, 0.2) is 0 Å². The van der Waals surface area contributed by atoms with Crippen molar-refractivity contribution >= 4 is 0 Å². The quantitative estimate of drug-likeness (QED) is 0.709. The molecule has 1 aliphatic rings. The molecule has 0 aromatic heterocycles. The molecule has 16 heavy (non-hydrogen) atoms. The summed E-state index contributed by atoms with van der Waals surface area (Å²) in [7, 11) is 0. The van der Waals surface area contributed by atoms with Crippen LogP contribution in [0.2, 0.25) is 0 Å². The number of ether oxygens (including phenoxy) is 2. The summed E-state index contributed by atoms with van der Waals surface area (Å²) >= 11 is 0. The Morgan fingerprint density at radius 2 is 1.81 bits per heavy atom. The van der Waals surface area contributed by atoms with Gasteiger partial charge in [0.2, 0.25) is 0 Å². The molecular formula is C13H27NO2. The zero-order chi connectivity index (χ0) is 12.2. The maximum Gasteiger partial charge on any atom is 0.0704 e. The third-order valence-electron chi connectivity index (χ3n) is 2.62. The van der Waals surface area contributed by atoms with Crippen LogP contribution < -0.4 is 5.32 Å². The minimum absolute atomic E-state index is 0.219. The van der Waals surface area contributed by atoms with Crippen molar-refractivity contribution in [2.45, 2.75) is 71.2 Å². The van der Waals surface area contributed by atoms with Gasteiger partial charge in [-0.05, 0) is 47.5 Å². The van der Waals surface area contributed by atoms with E-state index in [1.807, 2.05) is 13.8 Å². The highest BCUT2D eigenvalue weighted by molar-refractivity contribution is 4.90. The standard InChI is InChI=1S/C13H27NO2/c1-10(2)15-6-7-16-12-8-11(9-12)14-13(3,4)5/h10-12,14H,6-9H2,1-5H3. The molecule has 0 aromatic carbocycles. The largest absolute Gasteiger partial charge is 0.376 e. The van der Waals surface area contributed by atoms with E-state index in [9.17, 15) is 0 Å². The Bertz CT molecular complexity index is 193. The van der Waals surface area contributed by atoms with E-state index >= 15 is 0 Å². The zero-order valence-electron chi connectivity index (χ0n) is 11.4. The topological polar surface area (TPSA) is 30.5 Å². The first-order valence-corrected chi connectivity index (χ1v) is 6.38. The van der Waals surface area contributed by atoms with Crippen LogP contribution in [0.15, 0.2) is 0 Å². The molecule has 3 heteroatoms. The maximum absolute atomic E-state index is 5.71. The fourth-order valence-electron chi connectivity index (χ4n) is 1.93. The Morgan fingerprint density at radius 1 is 1.19 bits per heavy atom. The van der Waals surface area contributed by atoms with Gasteiger partial charge in [0.25, 0.3) is 0 Å². The van der Waals surface area contributed by atoms with Gasteiger partial charge < -0.3 is 14.8 Å². The summed E-state index contributed by atoms with van der Waals surface area (Å²) in [4.78, 5) is 0. The lowest BCUT2D eigenvalue weighted by molar-refractivity contribution is -0.0535. The fourth-order valence-corrected chi connectivity index (χ4v) is 1.93. The molecule has 0 radical (unpaired) electrons. The van der Waals surface area contributed by atoms with Crippen LogP contribution in [0.4, 0.5) is 0 Å². The molecule has 1 N–H and O–H groups in total. The Morgan fingerprint density at radius 3 is 2.31 bits per heavy atom. The zero-order valence-corrected chi connectivity index (χ0v) is 11.4. The van der Waals surface area contributed by atoms with Gasteiger partial charge in [0, 0.05) is 11.6 Å². The van der Waals surface area contributed by atoms with Crippen LogP contribution in [0.5, 0.6) is 0 Å². The highest BCUT2D eigenvalue weighted by Crippen LogP contribution is 2.25. The molecule has 0 bridgehead atoms. The second kappa shape index (κ2) is 5.99. The van der Waals surface area contributed by atoms with E-state index in [-0.39, 0.29) is 5.54 Å². The highest BCUT2D eigenvalue weighted by Gasteiger charge is 2.31. The fraction of sp³-hybridized carbons (Fsp3) is 1.00. The van der Waals surface area contributed by atoms with Crippen molar-refractivity contribution in [1.82, 2.24) is 5.32 Å². The van der Waals surface area contributed by atoms with Crippen molar-refractivity contribution in [3.8, 4) is 0 Å². The van der Waals surface area contributed by atoms with Crippen LogP contribution in [0.25, 0.3) is 0 Å². The van der Waals surface area contributed by atoms with Gasteiger partial charge >= 0.3 is 0 Å². The third kappa shape index (κ3) is 5.83. The van der Waals surface area contributed by atoms with Crippen LogP contribution in [0.3, 0.4) is 0 Å². The first-order chi connectivity index (χ1) is 7.37. The van der Waals surface area contributed by atoms with Gasteiger partial charge in [-0.3, -0.25) is 0 Å². The van der Waals surface area contributed by atoms with Gasteiger partial charge in [0.1, 0.15) is 0 Å². The molecule has 3 nitrogen and oxygen atoms in total. The predicted octanol–water partition coefficient (Wildman–Crippen LogP) is 2.35. The molecule has 1 rings (SSSR count). The van der Waals surface area contributed by atoms with E-state index in [1.165, 1.54) is 0 Å². The average molecular weight is 229 g/mol. The molecule has 1 fully saturated rings. The molecule has 0 heterocycles. The first kappa shape index (κ1) is 13.9.